The van der Waals surface area contributed by atoms with E-state index in [1.54, 1.807) is 0 Å². The van der Waals surface area contributed by atoms with Gasteiger partial charge in [0.15, 0.2) is 6.29 Å². The van der Waals surface area contributed by atoms with Gasteiger partial charge >= 0.3 is 0 Å². The first-order chi connectivity index (χ1) is 6.31. The number of aliphatic hydroxyl groups is 2. The second kappa shape index (κ2) is 9.96. The van der Waals surface area contributed by atoms with Crippen LogP contribution < -0.4 is 0 Å². The molecular weight excluding hydrogens is 168 g/mol. The van der Waals surface area contributed by atoms with Crippen molar-refractivity contribution >= 4 is 0 Å². The lowest BCUT2D eigenvalue weighted by Gasteiger charge is -2.08. The molecule has 1 unspecified atom stereocenters. The Morgan fingerprint density at radius 2 is 1.69 bits per heavy atom. The molecule has 0 aromatic heterocycles. The van der Waals surface area contributed by atoms with Gasteiger partial charge in [-0.25, -0.2) is 0 Å². The Kier molecular flexibility index (Phi) is 9.87. The minimum atomic E-state index is -0.990. The Balaban J connectivity index is 2.91. The molecule has 0 radical (unpaired) electrons. The Morgan fingerprint density at radius 3 is 2.31 bits per heavy atom. The van der Waals surface area contributed by atoms with Crippen molar-refractivity contribution in [1.29, 1.82) is 0 Å². The number of hydrogen-bond donors (Lipinski definition) is 2. The molecule has 0 aliphatic carbocycles. The molecule has 2 N–H and O–H groups in total. The monoisotopic (exact) mass is 190 g/mol. The van der Waals surface area contributed by atoms with E-state index < -0.39 is 6.29 Å². The zero-order valence-electron chi connectivity index (χ0n) is 8.54. The van der Waals surface area contributed by atoms with Gasteiger partial charge in [-0.15, -0.1) is 0 Å². The van der Waals surface area contributed by atoms with Crippen LogP contribution in [0.5, 0.6) is 0 Å². The van der Waals surface area contributed by atoms with Crippen molar-refractivity contribution in [3.63, 3.8) is 0 Å². The van der Waals surface area contributed by atoms with Gasteiger partial charge < -0.3 is 14.9 Å². The van der Waals surface area contributed by atoms with Crippen LogP contribution in [0.3, 0.4) is 0 Å². The summed E-state index contributed by atoms with van der Waals surface area (Å²) in [5.41, 5.74) is 0. The van der Waals surface area contributed by atoms with Crippen molar-refractivity contribution in [2.75, 3.05) is 13.2 Å². The molecule has 0 amide bonds. The number of ether oxygens (including phenoxy) is 1. The molecule has 0 aromatic carbocycles. The molecule has 80 valence electrons. The summed E-state index contributed by atoms with van der Waals surface area (Å²) in [6, 6.07) is 0. The smallest absolute Gasteiger partial charge is 0.177 e. The lowest BCUT2D eigenvalue weighted by Crippen LogP contribution is -2.16. The molecular formula is C10H22O3. The number of aliphatic hydroxyl groups excluding tert-OH is 2. The maximum atomic E-state index is 8.83. The fourth-order valence-corrected chi connectivity index (χ4v) is 1.15. The highest BCUT2D eigenvalue weighted by atomic mass is 16.6. The third kappa shape index (κ3) is 9.80. The zero-order chi connectivity index (χ0) is 9.94. The van der Waals surface area contributed by atoms with E-state index in [0.717, 1.165) is 12.8 Å². The highest BCUT2D eigenvalue weighted by Crippen LogP contribution is 2.05. The largest absolute Gasteiger partial charge is 0.391 e. The average molecular weight is 190 g/mol. The van der Waals surface area contributed by atoms with Gasteiger partial charge in [0.1, 0.15) is 0 Å². The molecule has 0 heterocycles. The van der Waals surface area contributed by atoms with Gasteiger partial charge in [0.05, 0.1) is 6.61 Å². The number of hydrogen-bond acceptors (Lipinski definition) is 3. The number of unbranched alkanes of at least 4 members (excludes halogenated alkanes) is 5. The molecule has 0 aliphatic rings. The summed E-state index contributed by atoms with van der Waals surface area (Å²) < 4.78 is 4.90. The first-order valence-corrected chi connectivity index (χ1v) is 5.21. The van der Waals surface area contributed by atoms with Crippen molar-refractivity contribution in [2.45, 2.75) is 51.7 Å². The molecule has 3 heteroatoms. The number of rotatable bonds is 9. The average Bonchev–Trinajstić information content (AvgIpc) is 2.16. The minimum Gasteiger partial charge on any atom is -0.391 e. The minimum absolute atomic E-state index is 0.310. The van der Waals surface area contributed by atoms with Crippen molar-refractivity contribution < 1.29 is 14.9 Å². The highest BCUT2D eigenvalue weighted by molar-refractivity contribution is 4.44. The van der Waals surface area contributed by atoms with Gasteiger partial charge in [0, 0.05) is 6.61 Å². The van der Waals surface area contributed by atoms with Crippen LogP contribution in [0.15, 0.2) is 0 Å². The molecule has 0 rings (SSSR count). The van der Waals surface area contributed by atoms with E-state index in [2.05, 4.69) is 6.92 Å². The predicted molar refractivity (Wildman–Crippen MR) is 52.4 cm³/mol. The van der Waals surface area contributed by atoms with Gasteiger partial charge in [-0.1, -0.05) is 39.0 Å². The quantitative estimate of drug-likeness (QED) is 0.429. The van der Waals surface area contributed by atoms with Crippen molar-refractivity contribution in [2.24, 2.45) is 0 Å². The SMILES string of the molecule is CCCCCCCCOC(O)CO. The molecule has 0 saturated heterocycles. The van der Waals surface area contributed by atoms with E-state index in [1.807, 2.05) is 0 Å². The van der Waals surface area contributed by atoms with Crippen molar-refractivity contribution in [1.82, 2.24) is 0 Å². The summed E-state index contributed by atoms with van der Waals surface area (Å²) in [5.74, 6) is 0. The Morgan fingerprint density at radius 1 is 1.08 bits per heavy atom. The first kappa shape index (κ1) is 12.9. The van der Waals surface area contributed by atoms with E-state index in [0.29, 0.717) is 6.61 Å². The van der Waals surface area contributed by atoms with Crippen LogP contribution >= 0.6 is 0 Å². The fraction of sp³-hybridized carbons (Fsp3) is 1.00. The summed E-state index contributed by atoms with van der Waals surface area (Å²) >= 11 is 0. The first-order valence-electron chi connectivity index (χ1n) is 5.21. The van der Waals surface area contributed by atoms with E-state index >= 15 is 0 Å². The zero-order valence-corrected chi connectivity index (χ0v) is 8.54. The second-order valence-electron chi connectivity index (χ2n) is 3.28. The molecule has 1 atom stereocenters. The third-order valence-electron chi connectivity index (χ3n) is 1.96. The van der Waals surface area contributed by atoms with Gasteiger partial charge in [0.25, 0.3) is 0 Å². The third-order valence-corrected chi connectivity index (χ3v) is 1.96. The van der Waals surface area contributed by atoms with Crippen molar-refractivity contribution in [3.05, 3.63) is 0 Å². The van der Waals surface area contributed by atoms with E-state index in [1.165, 1.54) is 25.7 Å². The van der Waals surface area contributed by atoms with Crippen LogP contribution in [-0.2, 0) is 4.74 Å². The lowest BCUT2D eigenvalue weighted by atomic mass is 10.1. The summed E-state index contributed by atoms with van der Waals surface area (Å²) in [5, 5.41) is 17.3. The summed E-state index contributed by atoms with van der Waals surface area (Å²) in [6.07, 6.45) is 6.24. The van der Waals surface area contributed by atoms with Gasteiger partial charge in [-0.2, -0.15) is 0 Å². The normalized spacial score (nSPS) is 13.2. The topological polar surface area (TPSA) is 49.7 Å². The van der Waals surface area contributed by atoms with Crippen LogP contribution in [0.4, 0.5) is 0 Å². The maximum Gasteiger partial charge on any atom is 0.177 e. The molecule has 3 nitrogen and oxygen atoms in total. The predicted octanol–water partition coefficient (Wildman–Crippen LogP) is 1.67. The van der Waals surface area contributed by atoms with Gasteiger partial charge in [0.2, 0.25) is 0 Å². The van der Waals surface area contributed by atoms with Crippen LogP contribution in [0, 0.1) is 0 Å². The lowest BCUT2D eigenvalue weighted by molar-refractivity contribution is -0.125. The Hall–Kier alpha value is -0.120. The molecule has 0 aromatic rings. The fourth-order valence-electron chi connectivity index (χ4n) is 1.15. The van der Waals surface area contributed by atoms with E-state index in [4.69, 9.17) is 14.9 Å². The Bertz CT molecular complexity index is 96.2. The molecule has 0 spiro atoms. The van der Waals surface area contributed by atoms with Crippen LogP contribution in [-0.4, -0.2) is 29.7 Å². The maximum absolute atomic E-state index is 8.83. The summed E-state index contributed by atoms with van der Waals surface area (Å²) in [7, 11) is 0. The molecule has 0 aliphatic heterocycles. The molecule has 0 fully saturated rings. The molecule has 13 heavy (non-hydrogen) atoms. The molecule has 0 saturated carbocycles. The van der Waals surface area contributed by atoms with E-state index in [-0.39, 0.29) is 6.61 Å². The van der Waals surface area contributed by atoms with Gasteiger partial charge in [-0.05, 0) is 6.42 Å². The van der Waals surface area contributed by atoms with Crippen molar-refractivity contribution in [3.8, 4) is 0 Å². The van der Waals surface area contributed by atoms with Crippen LogP contribution in [0.2, 0.25) is 0 Å². The highest BCUT2D eigenvalue weighted by Gasteiger charge is 1.99. The van der Waals surface area contributed by atoms with Crippen LogP contribution in [0.25, 0.3) is 0 Å². The summed E-state index contributed by atoms with van der Waals surface area (Å²) in [4.78, 5) is 0. The van der Waals surface area contributed by atoms with Crippen LogP contribution in [0.1, 0.15) is 45.4 Å². The second-order valence-corrected chi connectivity index (χ2v) is 3.28. The standard InChI is InChI=1S/C10H22O3/c1-2-3-4-5-6-7-8-13-10(12)9-11/h10-12H,2-9H2,1H3. The van der Waals surface area contributed by atoms with E-state index in [9.17, 15) is 0 Å². The molecule has 0 bridgehead atoms. The summed E-state index contributed by atoms with van der Waals surface area (Å²) in [6.45, 7) is 2.43. The Labute approximate surface area is 80.7 Å². The van der Waals surface area contributed by atoms with Gasteiger partial charge in [-0.3, -0.25) is 0 Å².